The monoisotopic (exact) mass is 283 g/mol. The molecule has 0 amide bonds. The fourth-order valence-corrected chi connectivity index (χ4v) is 5.42. The molecule has 1 saturated heterocycles. The summed E-state index contributed by atoms with van der Waals surface area (Å²) < 4.78 is 12.3. The predicted octanol–water partition coefficient (Wildman–Crippen LogP) is 3.69. The van der Waals surface area contributed by atoms with Crippen molar-refractivity contribution in [2.24, 2.45) is 0 Å². The van der Waals surface area contributed by atoms with Crippen LogP contribution < -0.4 is 0 Å². The Morgan fingerprint density at radius 3 is 3.00 bits per heavy atom. The van der Waals surface area contributed by atoms with Crippen LogP contribution in [0.3, 0.4) is 0 Å². The van der Waals surface area contributed by atoms with E-state index in [1.807, 2.05) is 12.3 Å². The molecule has 0 radical (unpaired) electrons. The fourth-order valence-electron chi connectivity index (χ4n) is 3.48. The van der Waals surface area contributed by atoms with E-state index in [0.29, 0.717) is 5.25 Å². The van der Waals surface area contributed by atoms with Gasteiger partial charge in [0.15, 0.2) is 0 Å². The minimum Gasteiger partial charge on any atom is -0.259 e. The second kappa shape index (κ2) is 4.81. The van der Waals surface area contributed by atoms with E-state index in [1.165, 1.54) is 22.9 Å². The van der Waals surface area contributed by atoms with Crippen molar-refractivity contribution in [3.05, 3.63) is 48.2 Å². The van der Waals surface area contributed by atoms with Crippen LogP contribution in [0.4, 0.5) is 0 Å². The lowest BCUT2D eigenvalue weighted by atomic mass is 9.91. The highest BCUT2D eigenvalue weighted by atomic mass is 32.2. The number of hydrogen-bond donors (Lipinski definition) is 0. The minimum atomic E-state index is -0.656. The van der Waals surface area contributed by atoms with Crippen LogP contribution in [-0.2, 0) is 10.8 Å². The Morgan fingerprint density at radius 1 is 1.15 bits per heavy atom. The van der Waals surface area contributed by atoms with Gasteiger partial charge in [-0.3, -0.25) is 9.19 Å². The molecule has 2 aliphatic heterocycles. The van der Waals surface area contributed by atoms with Crippen LogP contribution in [0.15, 0.2) is 42.6 Å². The summed E-state index contributed by atoms with van der Waals surface area (Å²) in [5, 5.41) is 1.84. The van der Waals surface area contributed by atoms with E-state index in [-0.39, 0.29) is 5.25 Å². The zero-order valence-electron chi connectivity index (χ0n) is 11.3. The standard InChI is InChI=1S/C17H17NOS/c19-20-13-4-1-5-14(20)11-12(10-13)15-6-2-8-17-16(15)7-3-9-18-17/h2-3,6-10,13-14H,1,4-5,11H2. The van der Waals surface area contributed by atoms with Gasteiger partial charge in [0, 0.05) is 27.6 Å². The maximum Gasteiger partial charge on any atom is 0.0708 e. The summed E-state index contributed by atoms with van der Waals surface area (Å²) in [5.41, 5.74) is 3.70. The smallest absolute Gasteiger partial charge is 0.0708 e. The molecule has 2 aliphatic rings. The summed E-state index contributed by atoms with van der Waals surface area (Å²) in [4.78, 5) is 4.44. The summed E-state index contributed by atoms with van der Waals surface area (Å²) in [7, 11) is -0.656. The molecule has 2 aromatic rings. The van der Waals surface area contributed by atoms with Crippen molar-refractivity contribution < 1.29 is 4.21 Å². The van der Waals surface area contributed by atoms with Gasteiger partial charge in [-0.25, -0.2) is 0 Å². The van der Waals surface area contributed by atoms with Crippen molar-refractivity contribution in [2.45, 2.75) is 36.2 Å². The Kier molecular flexibility index (Phi) is 2.95. The average Bonchev–Trinajstić information content (AvgIpc) is 2.46. The number of rotatable bonds is 1. The van der Waals surface area contributed by atoms with Crippen LogP contribution in [0, 0.1) is 0 Å². The van der Waals surface area contributed by atoms with E-state index in [0.717, 1.165) is 24.8 Å². The maximum absolute atomic E-state index is 12.3. The van der Waals surface area contributed by atoms with Gasteiger partial charge in [0.1, 0.15) is 0 Å². The zero-order valence-corrected chi connectivity index (χ0v) is 12.1. The molecule has 1 aromatic carbocycles. The van der Waals surface area contributed by atoms with Gasteiger partial charge >= 0.3 is 0 Å². The fraction of sp³-hybridized carbons (Fsp3) is 0.353. The molecule has 4 rings (SSSR count). The molecule has 1 aromatic heterocycles. The number of benzene rings is 1. The van der Waals surface area contributed by atoms with Crippen LogP contribution in [0.5, 0.6) is 0 Å². The third-order valence-electron chi connectivity index (χ3n) is 4.47. The van der Waals surface area contributed by atoms with Gasteiger partial charge in [-0.2, -0.15) is 0 Å². The van der Waals surface area contributed by atoms with Crippen molar-refractivity contribution >= 4 is 27.3 Å². The third-order valence-corrected chi connectivity index (χ3v) is 6.50. The van der Waals surface area contributed by atoms with Gasteiger partial charge in [0.25, 0.3) is 0 Å². The normalized spacial score (nSPS) is 29.2. The van der Waals surface area contributed by atoms with Crippen molar-refractivity contribution in [2.75, 3.05) is 0 Å². The lowest BCUT2D eigenvalue weighted by molar-refractivity contribution is 0.579. The molecule has 3 heteroatoms. The number of fused-ring (bicyclic) bond motifs is 3. The second-order valence-electron chi connectivity index (χ2n) is 5.69. The summed E-state index contributed by atoms with van der Waals surface area (Å²) >= 11 is 0. The SMILES string of the molecule is O=S1C2C=C(c3cccc4ncccc34)CC1CCC2. The van der Waals surface area contributed by atoms with Crippen molar-refractivity contribution in [1.29, 1.82) is 0 Å². The Bertz CT molecular complexity index is 717. The Labute approximate surface area is 121 Å². The molecule has 0 N–H and O–H groups in total. The number of aromatic nitrogens is 1. The highest BCUT2D eigenvalue weighted by Crippen LogP contribution is 2.38. The second-order valence-corrected chi connectivity index (χ2v) is 7.62. The number of hydrogen-bond acceptors (Lipinski definition) is 2. The van der Waals surface area contributed by atoms with E-state index in [4.69, 9.17) is 0 Å². The summed E-state index contributed by atoms with van der Waals surface area (Å²) in [6, 6.07) is 10.4. The Balaban J connectivity index is 1.86. The Morgan fingerprint density at radius 2 is 2.10 bits per heavy atom. The zero-order chi connectivity index (χ0) is 13.5. The van der Waals surface area contributed by atoms with Gasteiger partial charge in [0.05, 0.1) is 10.8 Å². The molecule has 0 aliphatic carbocycles. The van der Waals surface area contributed by atoms with Crippen LogP contribution >= 0.6 is 0 Å². The topological polar surface area (TPSA) is 30.0 Å². The largest absolute Gasteiger partial charge is 0.259 e. The van der Waals surface area contributed by atoms with Crippen LogP contribution in [-0.4, -0.2) is 19.7 Å². The first-order valence-electron chi connectivity index (χ1n) is 7.27. The molecular weight excluding hydrogens is 266 g/mol. The van der Waals surface area contributed by atoms with E-state index < -0.39 is 10.8 Å². The lowest BCUT2D eigenvalue weighted by Crippen LogP contribution is -2.33. The Hall–Kier alpha value is -1.48. The molecule has 1 fully saturated rings. The first-order valence-corrected chi connectivity index (χ1v) is 8.55. The average molecular weight is 283 g/mol. The number of pyridine rings is 1. The van der Waals surface area contributed by atoms with Crippen LogP contribution in [0.1, 0.15) is 31.2 Å². The highest BCUT2D eigenvalue weighted by Gasteiger charge is 2.33. The molecule has 3 heterocycles. The molecule has 20 heavy (non-hydrogen) atoms. The van der Waals surface area contributed by atoms with E-state index in [2.05, 4.69) is 35.3 Å². The van der Waals surface area contributed by atoms with Gasteiger partial charge in [-0.05, 0) is 42.5 Å². The molecular formula is C17H17NOS. The molecule has 2 bridgehead atoms. The quantitative estimate of drug-likeness (QED) is 0.799. The highest BCUT2D eigenvalue weighted by molar-refractivity contribution is 7.86. The lowest BCUT2D eigenvalue weighted by Gasteiger charge is -2.33. The van der Waals surface area contributed by atoms with E-state index >= 15 is 0 Å². The van der Waals surface area contributed by atoms with Crippen LogP contribution in [0.25, 0.3) is 16.5 Å². The van der Waals surface area contributed by atoms with Crippen molar-refractivity contribution in [3.8, 4) is 0 Å². The van der Waals surface area contributed by atoms with Gasteiger partial charge in [0.2, 0.25) is 0 Å². The first-order chi connectivity index (χ1) is 9.83. The minimum absolute atomic E-state index is 0.268. The molecule has 3 unspecified atom stereocenters. The van der Waals surface area contributed by atoms with Gasteiger partial charge in [-0.15, -0.1) is 0 Å². The van der Waals surface area contributed by atoms with Gasteiger partial charge in [-0.1, -0.05) is 30.7 Å². The molecule has 102 valence electrons. The summed E-state index contributed by atoms with van der Waals surface area (Å²) in [6.45, 7) is 0. The van der Waals surface area contributed by atoms with Crippen molar-refractivity contribution in [1.82, 2.24) is 4.98 Å². The maximum atomic E-state index is 12.3. The molecule has 0 spiro atoms. The number of allylic oxidation sites excluding steroid dienone is 1. The van der Waals surface area contributed by atoms with Crippen molar-refractivity contribution in [3.63, 3.8) is 0 Å². The summed E-state index contributed by atoms with van der Waals surface area (Å²) in [5.74, 6) is 0. The number of nitrogens with zero attached hydrogens (tertiary/aromatic N) is 1. The van der Waals surface area contributed by atoms with E-state index in [9.17, 15) is 4.21 Å². The third kappa shape index (κ3) is 1.92. The predicted molar refractivity (Wildman–Crippen MR) is 83.9 cm³/mol. The summed E-state index contributed by atoms with van der Waals surface area (Å²) in [6.07, 6.45) is 8.48. The van der Waals surface area contributed by atoms with Crippen LogP contribution in [0.2, 0.25) is 0 Å². The van der Waals surface area contributed by atoms with E-state index in [1.54, 1.807) is 0 Å². The molecule has 3 atom stereocenters. The molecule has 0 saturated carbocycles. The molecule has 2 nitrogen and oxygen atoms in total. The first kappa shape index (κ1) is 12.3. The van der Waals surface area contributed by atoms with Gasteiger partial charge < -0.3 is 0 Å².